The van der Waals surface area contributed by atoms with Gasteiger partial charge in [0, 0.05) is 32.1 Å². The van der Waals surface area contributed by atoms with Gasteiger partial charge in [-0.25, -0.2) is 13.2 Å². The highest BCUT2D eigenvalue weighted by Gasteiger charge is 2.24. The lowest BCUT2D eigenvalue weighted by Gasteiger charge is -2.31. The number of hydrogen-bond donors (Lipinski definition) is 1. The monoisotopic (exact) mass is 394 g/mol. The second kappa shape index (κ2) is 8.39. The molecule has 27 heavy (non-hydrogen) atoms. The maximum Gasteiger partial charge on any atom is 0.407 e. The molecule has 148 valence electrons. The molecule has 3 rings (SSSR count). The van der Waals surface area contributed by atoms with Crippen molar-refractivity contribution in [2.45, 2.75) is 43.1 Å². The summed E-state index contributed by atoms with van der Waals surface area (Å²) in [7, 11) is -3.22. The van der Waals surface area contributed by atoms with Crippen molar-refractivity contribution in [3.8, 4) is 0 Å². The maximum atomic E-state index is 11.5. The molecule has 1 aromatic heterocycles. The first-order chi connectivity index (χ1) is 12.8. The molecule has 2 heterocycles. The molecule has 1 saturated heterocycles. The van der Waals surface area contributed by atoms with E-state index in [2.05, 4.69) is 11.1 Å². The number of ether oxygens (including phenoxy) is 1. The van der Waals surface area contributed by atoms with E-state index in [1.807, 2.05) is 0 Å². The topological polar surface area (TPSA) is 96.8 Å². The highest BCUT2D eigenvalue weighted by molar-refractivity contribution is 7.90. The number of amides is 1. The molecule has 0 radical (unpaired) electrons. The Morgan fingerprint density at radius 2 is 2.04 bits per heavy atom. The van der Waals surface area contributed by atoms with Crippen LogP contribution < -0.4 is 0 Å². The second-order valence-electron chi connectivity index (χ2n) is 7.32. The highest BCUT2D eigenvalue weighted by Crippen LogP contribution is 2.28. The first-order valence-corrected chi connectivity index (χ1v) is 11.2. The van der Waals surface area contributed by atoms with E-state index in [1.165, 1.54) is 17.4 Å². The van der Waals surface area contributed by atoms with Crippen molar-refractivity contribution in [2.24, 2.45) is 5.92 Å². The number of rotatable bonds is 5. The van der Waals surface area contributed by atoms with Gasteiger partial charge in [0.2, 0.25) is 0 Å². The number of piperidine rings is 1. The SMILES string of the molecule is CS(=O)(=O)c1ccc(C2=CCC(OCC3CCN(C(=O)O)CC3)CC2)nc1. The van der Waals surface area contributed by atoms with Crippen LogP contribution in [0.1, 0.15) is 37.8 Å². The summed E-state index contributed by atoms with van der Waals surface area (Å²) in [4.78, 5) is 16.9. The van der Waals surface area contributed by atoms with E-state index in [0.717, 1.165) is 43.4 Å². The van der Waals surface area contributed by atoms with Crippen LogP contribution in [-0.2, 0) is 14.6 Å². The average Bonchev–Trinajstić information content (AvgIpc) is 2.66. The summed E-state index contributed by atoms with van der Waals surface area (Å²) in [6, 6.07) is 3.37. The number of aromatic nitrogens is 1. The molecule has 1 aliphatic heterocycles. The summed E-state index contributed by atoms with van der Waals surface area (Å²) in [6.07, 6.45) is 8.37. The Hall–Kier alpha value is -1.93. The fourth-order valence-electron chi connectivity index (χ4n) is 3.55. The summed E-state index contributed by atoms with van der Waals surface area (Å²) in [5.41, 5.74) is 1.95. The second-order valence-corrected chi connectivity index (χ2v) is 9.34. The molecule has 0 aromatic carbocycles. The molecular formula is C19H26N2O5S. The fourth-order valence-corrected chi connectivity index (χ4v) is 4.11. The van der Waals surface area contributed by atoms with Crippen LogP contribution in [0.3, 0.4) is 0 Å². The smallest absolute Gasteiger partial charge is 0.407 e. The Kier molecular flexibility index (Phi) is 6.16. The van der Waals surface area contributed by atoms with Gasteiger partial charge in [0.1, 0.15) is 0 Å². The summed E-state index contributed by atoms with van der Waals surface area (Å²) in [6.45, 7) is 1.86. The van der Waals surface area contributed by atoms with Gasteiger partial charge in [-0.05, 0) is 55.7 Å². The standard InChI is InChI=1S/C19H26N2O5S/c1-27(24,25)17-6-7-18(20-12-17)15-2-4-16(5-3-15)26-13-14-8-10-21(11-9-14)19(22)23/h2,6-7,12,14,16H,3-5,8-11,13H2,1H3,(H,22,23). The maximum absolute atomic E-state index is 11.5. The van der Waals surface area contributed by atoms with E-state index in [1.54, 1.807) is 12.1 Å². The molecule has 1 atom stereocenters. The van der Waals surface area contributed by atoms with Crippen LogP contribution in [0.5, 0.6) is 0 Å². The van der Waals surface area contributed by atoms with Gasteiger partial charge < -0.3 is 14.7 Å². The molecule has 1 unspecified atom stereocenters. The Morgan fingerprint density at radius 3 is 2.56 bits per heavy atom. The van der Waals surface area contributed by atoms with E-state index < -0.39 is 15.9 Å². The number of hydrogen-bond acceptors (Lipinski definition) is 5. The Bertz CT molecular complexity index is 796. The van der Waals surface area contributed by atoms with Crippen molar-refractivity contribution >= 4 is 21.5 Å². The third-order valence-electron chi connectivity index (χ3n) is 5.31. The van der Waals surface area contributed by atoms with E-state index in [-0.39, 0.29) is 11.0 Å². The van der Waals surface area contributed by atoms with Crippen LogP contribution >= 0.6 is 0 Å². The molecule has 7 nitrogen and oxygen atoms in total. The van der Waals surface area contributed by atoms with Crippen molar-refractivity contribution < 1.29 is 23.1 Å². The van der Waals surface area contributed by atoms with Crippen LogP contribution in [0.4, 0.5) is 4.79 Å². The van der Waals surface area contributed by atoms with Crippen LogP contribution in [0.15, 0.2) is 29.3 Å². The highest BCUT2D eigenvalue weighted by atomic mass is 32.2. The first kappa shape index (κ1) is 19.8. The summed E-state index contributed by atoms with van der Waals surface area (Å²) in [5.74, 6) is 0.427. The normalized spacial score (nSPS) is 21.7. The molecule has 2 aliphatic rings. The van der Waals surface area contributed by atoms with Crippen molar-refractivity contribution in [1.29, 1.82) is 0 Å². The van der Waals surface area contributed by atoms with Crippen LogP contribution in [-0.4, -0.2) is 61.6 Å². The molecule has 0 spiro atoms. The summed E-state index contributed by atoms with van der Waals surface area (Å²) >= 11 is 0. The molecular weight excluding hydrogens is 368 g/mol. The van der Waals surface area contributed by atoms with Crippen molar-refractivity contribution in [3.05, 3.63) is 30.1 Å². The molecule has 0 bridgehead atoms. The fraction of sp³-hybridized carbons (Fsp3) is 0.579. The third kappa shape index (κ3) is 5.29. The van der Waals surface area contributed by atoms with Crippen molar-refractivity contribution in [2.75, 3.05) is 26.0 Å². The number of likely N-dealkylation sites (tertiary alicyclic amines) is 1. The number of sulfone groups is 1. The van der Waals surface area contributed by atoms with Crippen molar-refractivity contribution in [1.82, 2.24) is 9.88 Å². The lowest BCUT2D eigenvalue weighted by Crippen LogP contribution is -2.38. The minimum Gasteiger partial charge on any atom is -0.465 e. The predicted octanol–water partition coefficient (Wildman–Crippen LogP) is 2.83. The molecule has 1 aromatic rings. The molecule has 1 amide bonds. The van der Waals surface area contributed by atoms with Crippen LogP contribution in [0.25, 0.3) is 5.57 Å². The van der Waals surface area contributed by atoms with Crippen molar-refractivity contribution in [3.63, 3.8) is 0 Å². The van der Waals surface area contributed by atoms with Gasteiger partial charge in [-0.2, -0.15) is 0 Å². The zero-order valence-electron chi connectivity index (χ0n) is 15.5. The Balaban J connectivity index is 1.47. The van der Waals surface area contributed by atoms with Gasteiger partial charge in [-0.3, -0.25) is 4.98 Å². The van der Waals surface area contributed by atoms with Gasteiger partial charge in [-0.15, -0.1) is 0 Å². The third-order valence-corrected chi connectivity index (χ3v) is 6.41. The lowest BCUT2D eigenvalue weighted by atomic mass is 9.94. The van der Waals surface area contributed by atoms with Gasteiger partial charge in [0.25, 0.3) is 0 Å². The van der Waals surface area contributed by atoms with E-state index in [9.17, 15) is 13.2 Å². The van der Waals surface area contributed by atoms with Gasteiger partial charge in [-0.1, -0.05) is 6.08 Å². The number of carboxylic acid groups (broad SMARTS) is 1. The van der Waals surface area contributed by atoms with Gasteiger partial charge in [0.05, 0.1) is 16.7 Å². The van der Waals surface area contributed by atoms with E-state index >= 15 is 0 Å². The van der Waals surface area contributed by atoms with Gasteiger partial charge >= 0.3 is 6.09 Å². The summed E-state index contributed by atoms with van der Waals surface area (Å²) < 4.78 is 29.1. The number of pyridine rings is 1. The zero-order valence-corrected chi connectivity index (χ0v) is 16.3. The van der Waals surface area contributed by atoms with E-state index in [4.69, 9.17) is 9.84 Å². The first-order valence-electron chi connectivity index (χ1n) is 9.28. The quantitative estimate of drug-likeness (QED) is 0.825. The Morgan fingerprint density at radius 1 is 1.30 bits per heavy atom. The molecule has 1 aliphatic carbocycles. The largest absolute Gasteiger partial charge is 0.465 e. The molecule has 0 saturated carbocycles. The number of carbonyl (C=O) groups is 1. The minimum atomic E-state index is -3.22. The lowest BCUT2D eigenvalue weighted by molar-refractivity contribution is 0.0101. The average molecular weight is 394 g/mol. The van der Waals surface area contributed by atoms with Gasteiger partial charge in [0.15, 0.2) is 9.84 Å². The van der Waals surface area contributed by atoms with E-state index in [0.29, 0.717) is 25.6 Å². The molecule has 1 fully saturated rings. The Labute approximate surface area is 160 Å². The minimum absolute atomic E-state index is 0.182. The predicted molar refractivity (Wildman–Crippen MR) is 101 cm³/mol. The zero-order chi connectivity index (χ0) is 19.4. The number of nitrogens with zero attached hydrogens (tertiary/aromatic N) is 2. The number of allylic oxidation sites excluding steroid dienone is 1. The van der Waals surface area contributed by atoms with Crippen LogP contribution in [0.2, 0.25) is 0 Å². The molecule has 1 N–H and O–H groups in total. The molecule has 8 heteroatoms. The van der Waals surface area contributed by atoms with Crippen LogP contribution in [0, 0.1) is 5.92 Å². The summed E-state index contributed by atoms with van der Waals surface area (Å²) in [5, 5.41) is 8.99.